The number of thiazole rings is 1. The third-order valence-corrected chi connectivity index (χ3v) is 7.56. The van der Waals surface area contributed by atoms with Gasteiger partial charge in [0.1, 0.15) is 0 Å². The Morgan fingerprint density at radius 2 is 1.86 bits per heavy atom. The second kappa shape index (κ2) is 8.84. The van der Waals surface area contributed by atoms with Crippen molar-refractivity contribution in [3.63, 3.8) is 0 Å². The zero-order valence-electron chi connectivity index (χ0n) is 17.3. The van der Waals surface area contributed by atoms with Crippen LogP contribution in [0.4, 0.5) is 0 Å². The summed E-state index contributed by atoms with van der Waals surface area (Å²) in [4.78, 5) is 29.7. The standard InChI is InChI=1S/C23H31N3O2S/c1-19-17-29-22(28)26(19)13-10-21(27)24-14-15-25(16-20-8-4-2-5-9-20)23(18-24)11-6-3-7-12-23/h2,4-5,8-9,17H,3,6-7,10-16,18H2,1H3. The van der Waals surface area contributed by atoms with Crippen LogP contribution in [0, 0.1) is 6.92 Å². The molecule has 1 spiro atoms. The fourth-order valence-electron chi connectivity index (χ4n) is 5.00. The summed E-state index contributed by atoms with van der Waals surface area (Å²) < 4.78 is 1.73. The molecule has 1 amide bonds. The number of aromatic nitrogens is 1. The Balaban J connectivity index is 1.44. The van der Waals surface area contributed by atoms with Gasteiger partial charge in [-0.25, -0.2) is 0 Å². The van der Waals surface area contributed by atoms with E-state index in [-0.39, 0.29) is 16.3 Å². The van der Waals surface area contributed by atoms with E-state index in [9.17, 15) is 9.59 Å². The number of amides is 1. The lowest BCUT2D eigenvalue weighted by molar-refractivity contribution is -0.139. The number of rotatable bonds is 5. The van der Waals surface area contributed by atoms with Gasteiger partial charge in [-0.15, -0.1) is 0 Å². The molecule has 2 aliphatic rings. The Morgan fingerprint density at radius 1 is 1.10 bits per heavy atom. The highest BCUT2D eigenvalue weighted by Crippen LogP contribution is 2.37. The summed E-state index contributed by atoms with van der Waals surface area (Å²) >= 11 is 1.21. The van der Waals surface area contributed by atoms with Gasteiger partial charge < -0.3 is 9.47 Å². The quantitative estimate of drug-likeness (QED) is 0.752. The van der Waals surface area contributed by atoms with Gasteiger partial charge in [-0.2, -0.15) is 0 Å². The van der Waals surface area contributed by atoms with E-state index < -0.39 is 0 Å². The van der Waals surface area contributed by atoms with E-state index in [1.54, 1.807) is 4.57 Å². The summed E-state index contributed by atoms with van der Waals surface area (Å²) in [7, 11) is 0. The molecular weight excluding hydrogens is 382 g/mol. The maximum Gasteiger partial charge on any atom is 0.307 e. The van der Waals surface area contributed by atoms with Gasteiger partial charge in [0, 0.05) is 55.8 Å². The molecule has 6 heteroatoms. The van der Waals surface area contributed by atoms with Crippen molar-refractivity contribution >= 4 is 17.2 Å². The van der Waals surface area contributed by atoms with Gasteiger partial charge in [0.25, 0.3) is 0 Å². The molecule has 1 aromatic carbocycles. The van der Waals surface area contributed by atoms with Crippen LogP contribution in [0.1, 0.15) is 49.8 Å². The van der Waals surface area contributed by atoms with Crippen molar-refractivity contribution in [2.45, 2.75) is 64.1 Å². The second-order valence-electron chi connectivity index (χ2n) is 8.55. The van der Waals surface area contributed by atoms with Crippen LogP contribution in [-0.4, -0.2) is 45.4 Å². The summed E-state index contributed by atoms with van der Waals surface area (Å²) in [5.41, 5.74) is 2.41. The van der Waals surface area contributed by atoms with Gasteiger partial charge in [0.15, 0.2) is 0 Å². The Morgan fingerprint density at radius 3 is 2.55 bits per heavy atom. The summed E-state index contributed by atoms with van der Waals surface area (Å²) in [6.07, 6.45) is 6.55. The molecule has 2 heterocycles. The van der Waals surface area contributed by atoms with E-state index in [2.05, 4.69) is 40.1 Å². The lowest BCUT2D eigenvalue weighted by Crippen LogP contribution is -2.63. The average Bonchev–Trinajstić information content (AvgIpc) is 3.06. The van der Waals surface area contributed by atoms with Gasteiger partial charge in [-0.1, -0.05) is 60.9 Å². The Labute approximate surface area is 176 Å². The summed E-state index contributed by atoms with van der Waals surface area (Å²) in [6, 6.07) is 10.7. The molecule has 2 aromatic rings. The van der Waals surface area contributed by atoms with Crippen LogP contribution in [0.25, 0.3) is 0 Å². The van der Waals surface area contributed by atoms with Crippen molar-refractivity contribution in [1.29, 1.82) is 0 Å². The van der Waals surface area contributed by atoms with E-state index in [0.717, 1.165) is 31.9 Å². The Hall–Kier alpha value is -1.92. The summed E-state index contributed by atoms with van der Waals surface area (Å²) in [5, 5.41) is 1.87. The molecule has 2 fully saturated rings. The molecule has 1 saturated carbocycles. The molecule has 0 N–H and O–H groups in total. The Bertz CT molecular complexity index is 883. The van der Waals surface area contributed by atoms with Gasteiger partial charge in [0.05, 0.1) is 0 Å². The number of piperazine rings is 1. The van der Waals surface area contributed by atoms with Crippen LogP contribution < -0.4 is 4.87 Å². The van der Waals surface area contributed by atoms with Crippen LogP contribution in [0.3, 0.4) is 0 Å². The highest BCUT2D eigenvalue weighted by atomic mass is 32.1. The molecule has 0 radical (unpaired) electrons. The van der Waals surface area contributed by atoms with Crippen LogP contribution in [-0.2, 0) is 17.9 Å². The zero-order chi connectivity index (χ0) is 20.3. The monoisotopic (exact) mass is 413 g/mol. The molecule has 4 rings (SSSR count). The molecule has 0 bridgehead atoms. The molecule has 0 atom stereocenters. The van der Waals surface area contributed by atoms with Crippen molar-refractivity contribution in [2.75, 3.05) is 19.6 Å². The molecule has 0 unspecified atom stereocenters. The lowest BCUT2D eigenvalue weighted by Gasteiger charge is -2.53. The van der Waals surface area contributed by atoms with Crippen LogP contribution in [0.5, 0.6) is 0 Å². The molecular formula is C23H31N3O2S. The molecule has 1 aromatic heterocycles. The summed E-state index contributed by atoms with van der Waals surface area (Å²) in [6.45, 7) is 5.93. The fraction of sp³-hybridized carbons (Fsp3) is 0.565. The summed E-state index contributed by atoms with van der Waals surface area (Å²) in [5.74, 6) is 0.187. The van der Waals surface area contributed by atoms with E-state index in [4.69, 9.17) is 0 Å². The molecule has 156 valence electrons. The zero-order valence-corrected chi connectivity index (χ0v) is 18.1. The van der Waals surface area contributed by atoms with Crippen LogP contribution in [0.15, 0.2) is 40.5 Å². The van der Waals surface area contributed by atoms with E-state index in [1.165, 1.54) is 49.0 Å². The van der Waals surface area contributed by atoms with E-state index in [1.807, 2.05) is 12.3 Å². The number of hydrogen-bond donors (Lipinski definition) is 0. The minimum atomic E-state index is 0.0340. The minimum Gasteiger partial charge on any atom is -0.339 e. The second-order valence-corrected chi connectivity index (χ2v) is 9.37. The third kappa shape index (κ3) is 4.48. The molecule has 1 aliphatic carbocycles. The van der Waals surface area contributed by atoms with Crippen molar-refractivity contribution < 1.29 is 4.79 Å². The Kier molecular flexibility index (Phi) is 6.20. The van der Waals surface area contributed by atoms with Gasteiger partial charge in [-0.05, 0) is 25.3 Å². The SMILES string of the molecule is Cc1csc(=O)n1CCC(=O)N1CCN(Cc2ccccc2)C2(CCCCC2)C1. The highest BCUT2D eigenvalue weighted by Gasteiger charge is 2.43. The van der Waals surface area contributed by atoms with Crippen molar-refractivity contribution in [1.82, 2.24) is 14.4 Å². The lowest BCUT2D eigenvalue weighted by atomic mass is 9.78. The van der Waals surface area contributed by atoms with Crippen molar-refractivity contribution in [3.05, 3.63) is 56.6 Å². The average molecular weight is 414 g/mol. The number of carbonyl (C=O) groups is 1. The number of carbonyl (C=O) groups excluding carboxylic acids is 1. The third-order valence-electron chi connectivity index (χ3n) is 6.67. The number of nitrogens with zero attached hydrogens (tertiary/aromatic N) is 3. The number of benzene rings is 1. The fourth-order valence-corrected chi connectivity index (χ4v) is 5.76. The largest absolute Gasteiger partial charge is 0.339 e. The first kappa shape index (κ1) is 20.4. The van der Waals surface area contributed by atoms with Crippen LogP contribution in [0.2, 0.25) is 0 Å². The molecule has 29 heavy (non-hydrogen) atoms. The minimum absolute atomic E-state index is 0.0340. The number of aryl methyl sites for hydroxylation is 1. The van der Waals surface area contributed by atoms with Crippen LogP contribution >= 0.6 is 11.3 Å². The first-order valence-electron chi connectivity index (χ1n) is 10.8. The first-order chi connectivity index (χ1) is 14.1. The smallest absolute Gasteiger partial charge is 0.307 e. The normalized spacial score (nSPS) is 19.6. The predicted octanol–water partition coefficient (Wildman–Crippen LogP) is 3.66. The maximum atomic E-state index is 13.0. The van der Waals surface area contributed by atoms with Gasteiger partial charge in [-0.3, -0.25) is 14.5 Å². The number of hydrogen-bond acceptors (Lipinski definition) is 4. The highest BCUT2D eigenvalue weighted by molar-refractivity contribution is 7.07. The van der Waals surface area contributed by atoms with E-state index >= 15 is 0 Å². The maximum absolute atomic E-state index is 13.0. The first-order valence-corrected chi connectivity index (χ1v) is 11.7. The molecule has 5 nitrogen and oxygen atoms in total. The van der Waals surface area contributed by atoms with Crippen molar-refractivity contribution in [2.24, 2.45) is 0 Å². The van der Waals surface area contributed by atoms with Gasteiger partial charge >= 0.3 is 4.87 Å². The van der Waals surface area contributed by atoms with Gasteiger partial charge in [0.2, 0.25) is 5.91 Å². The predicted molar refractivity (Wildman–Crippen MR) is 117 cm³/mol. The van der Waals surface area contributed by atoms with Crippen molar-refractivity contribution in [3.8, 4) is 0 Å². The van der Waals surface area contributed by atoms with E-state index in [0.29, 0.717) is 13.0 Å². The topological polar surface area (TPSA) is 45.6 Å². The molecule has 1 aliphatic heterocycles. The molecule has 1 saturated heterocycles.